The van der Waals surface area contributed by atoms with E-state index in [1.807, 2.05) is 0 Å². The first kappa shape index (κ1) is 14.4. The minimum Gasteiger partial charge on any atom is -0.271 e. The highest BCUT2D eigenvalue weighted by molar-refractivity contribution is 7.90. The van der Waals surface area contributed by atoms with Crippen LogP contribution < -0.4 is 11.3 Å². The molecule has 0 aliphatic carbocycles. The second kappa shape index (κ2) is 5.77. The normalized spacial score (nSPS) is 13.6. The molecule has 96 valence electrons. The second-order valence-electron chi connectivity index (χ2n) is 3.90. The van der Waals surface area contributed by atoms with Crippen LogP contribution in [0.15, 0.2) is 18.2 Å². The fraction of sp³-hybridized carbons (Fsp3) is 0.400. The first-order valence-electron chi connectivity index (χ1n) is 4.89. The molecule has 1 rings (SSSR count). The standard InChI is InChI=1S/C10H14ClFN2O2S/c1-17(15,16)6-9(14-13)4-7-2-3-8(12)5-10(7)11/h2-3,5,9,14H,4,6,13H2,1H3. The van der Waals surface area contributed by atoms with Gasteiger partial charge in [0.05, 0.1) is 5.75 Å². The summed E-state index contributed by atoms with van der Waals surface area (Å²) in [7, 11) is -3.14. The van der Waals surface area contributed by atoms with Crippen LogP contribution in [0.3, 0.4) is 0 Å². The van der Waals surface area contributed by atoms with Gasteiger partial charge in [-0.25, -0.2) is 12.8 Å². The molecule has 0 aliphatic heterocycles. The number of benzene rings is 1. The molecule has 0 saturated heterocycles. The third kappa shape index (κ3) is 4.99. The lowest BCUT2D eigenvalue weighted by atomic mass is 10.1. The van der Waals surface area contributed by atoms with E-state index in [1.54, 1.807) is 0 Å². The average Bonchev–Trinajstić information content (AvgIpc) is 2.19. The van der Waals surface area contributed by atoms with Crippen molar-refractivity contribution in [3.63, 3.8) is 0 Å². The van der Waals surface area contributed by atoms with Gasteiger partial charge >= 0.3 is 0 Å². The maximum Gasteiger partial charge on any atom is 0.149 e. The Morgan fingerprint density at radius 3 is 2.65 bits per heavy atom. The Morgan fingerprint density at radius 2 is 2.18 bits per heavy atom. The van der Waals surface area contributed by atoms with Gasteiger partial charge < -0.3 is 0 Å². The number of hydrogen-bond donors (Lipinski definition) is 2. The largest absolute Gasteiger partial charge is 0.271 e. The third-order valence-electron chi connectivity index (χ3n) is 2.22. The molecule has 3 N–H and O–H groups in total. The number of hydrazine groups is 1. The number of nitrogens with one attached hydrogen (secondary N) is 1. The van der Waals surface area contributed by atoms with Gasteiger partial charge in [0.25, 0.3) is 0 Å². The van der Waals surface area contributed by atoms with Crippen molar-refractivity contribution in [2.24, 2.45) is 5.84 Å². The van der Waals surface area contributed by atoms with Crippen LogP contribution in [-0.4, -0.2) is 26.5 Å². The highest BCUT2D eigenvalue weighted by Crippen LogP contribution is 2.18. The molecule has 0 heterocycles. The molecule has 1 aromatic carbocycles. The highest BCUT2D eigenvalue weighted by Gasteiger charge is 2.16. The first-order valence-corrected chi connectivity index (χ1v) is 7.33. The number of rotatable bonds is 5. The Balaban J connectivity index is 2.81. The van der Waals surface area contributed by atoms with Gasteiger partial charge in [-0.1, -0.05) is 17.7 Å². The molecule has 1 atom stereocenters. The molecule has 1 aromatic rings. The quantitative estimate of drug-likeness (QED) is 0.621. The maximum absolute atomic E-state index is 12.8. The summed E-state index contributed by atoms with van der Waals surface area (Å²) in [4.78, 5) is 0. The summed E-state index contributed by atoms with van der Waals surface area (Å²) in [6.07, 6.45) is 1.45. The van der Waals surface area contributed by atoms with E-state index in [-0.39, 0.29) is 10.8 Å². The lowest BCUT2D eigenvalue weighted by Gasteiger charge is -2.15. The molecule has 0 bridgehead atoms. The van der Waals surface area contributed by atoms with Gasteiger partial charge in [-0.2, -0.15) is 0 Å². The van der Waals surface area contributed by atoms with E-state index in [2.05, 4.69) is 5.43 Å². The molecule has 17 heavy (non-hydrogen) atoms. The number of nitrogens with two attached hydrogens (primary N) is 1. The molecule has 0 spiro atoms. The first-order chi connectivity index (χ1) is 7.81. The van der Waals surface area contributed by atoms with E-state index in [0.29, 0.717) is 12.0 Å². The maximum atomic E-state index is 12.8. The Kier molecular flexibility index (Phi) is 4.88. The summed E-state index contributed by atoms with van der Waals surface area (Å²) in [5.41, 5.74) is 3.07. The van der Waals surface area contributed by atoms with Gasteiger partial charge in [0.15, 0.2) is 0 Å². The van der Waals surface area contributed by atoms with Crippen LogP contribution in [0.1, 0.15) is 5.56 Å². The van der Waals surface area contributed by atoms with E-state index < -0.39 is 21.7 Å². The molecule has 4 nitrogen and oxygen atoms in total. The SMILES string of the molecule is CS(=O)(=O)CC(Cc1ccc(F)cc1Cl)NN. The minimum absolute atomic E-state index is 0.1000. The zero-order chi connectivity index (χ0) is 13.1. The molecule has 0 fully saturated rings. The smallest absolute Gasteiger partial charge is 0.149 e. The molecular weight excluding hydrogens is 267 g/mol. The topological polar surface area (TPSA) is 72.2 Å². The lowest BCUT2D eigenvalue weighted by molar-refractivity contribution is 0.545. The zero-order valence-electron chi connectivity index (χ0n) is 9.28. The molecule has 0 saturated carbocycles. The van der Waals surface area contributed by atoms with Crippen molar-refractivity contribution in [3.8, 4) is 0 Å². The van der Waals surface area contributed by atoms with Crippen molar-refractivity contribution >= 4 is 21.4 Å². The summed E-state index contributed by atoms with van der Waals surface area (Å²) < 4.78 is 35.1. The monoisotopic (exact) mass is 280 g/mol. The molecule has 0 aliphatic rings. The number of sulfone groups is 1. The van der Waals surface area contributed by atoms with Crippen molar-refractivity contribution in [1.82, 2.24) is 5.43 Å². The third-order valence-corrected chi connectivity index (χ3v) is 3.58. The number of halogens is 2. The van der Waals surface area contributed by atoms with Crippen molar-refractivity contribution in [3.05, 3.63) is 34.6 Å². The Morgan fingerprint density at radius 1 is 1.53 bits per heavy atom. The predicted molar refractivity (Wildman–Crippen MR) is 65.9 cm³/mol. The summed E-state index contributed by atoms with van der Waals surface area (Å²) >= 11 is 5.84. The Hall–Kier alpha value is -0.690. The van der Waals surface area contributed by atoms with E-state index in [9.17, 15) is 12.8 Å². The summed E-state index contributed by atoms with van der Waals surface area (Å²) in [5.74, 6) is 4.74. The summed E-state index contributed by atoms with van der Waals surface area (Å²) in [6, 6.07) is 3.53. The van der Waals surface area contributed by atoms with Gasteiger partial charge in [0.1, 0.15) is 15.7 Å². The molecule has 0 radical (unpaired) electrons. The fourth-order valence-corrected chi connectivity index (χ4v) is 2.67. The van der Waals surface area contributed by atoms with E-state index in [0.717, 1.165) is 6.26 Å². The zero-order valence-corrected chi connectivity index (χ0v) is 10.9. The van der Waals surface area contributed by atoms with E-state index >= 15 is 0 Å². The molecule has 1 unspecified atom stereocenters. The van der Waals surface area contributed by atoms with Gasteiger partial charge in [0, 0.05) is 17.3 Å². The van der Waals surface area contributed by atoms with Crippen molar-refractivity contribution in [1.29, 1.82) is 0 Å². The van der Waals surface area contributed by atoms with Crippen LogP contribution in [0.25, 0.3) is 0 Å². The van der Waals surface area contributed by atoms with Crippen LogP contribution in [0.2, 0.25) is 5.02 Å². The Labute approximate surface area is 105 Å². The number of hydrogen-bond acceptors (Lipinski definition) is 4. The lowest BCUT2D eigenvalue weighted by Crippen LogP contribution is -2.41. The van der Waals surface area contributed by atoms with Crippen molar-refractivity contribution in [2.75, 3.05) is 12.0 Å². The summed E-state index contributed by atoms with van der Waals surface area (Å²) in [6.45, 7) is 0. The molecule has 7 heteroatoms. The van der Waals surface area contributed by atoms with Crippen LogP contribution in [0.5, 0.6) is 0 Å². The van der Waals surface area contributed by atoms with Crippen molar-refractivity contribution < 1.29 is 12.8 Å². The molecular formula is C10H14ClFN2O2S. The second-order valence-corrected chi connectivity index (χ2v) is 6.49. The van der Waals surface area contributed by atoms with Crippen LogP contribution in [-0.2, 0) is 16.3 Å². The minimum atomic E-state index is -3.14. The van der Waals surface area contributed by atoms with Crippen LogP contribution >= 0.6 is 11.6 Å². The van der Waals surface area contributed by atoms with Crippen molar-refractivity contribution in [2.45, 2.75) is 12.5 Å². The van der Waals surface area contributed by atoms with Gasteiger partial charge in [0.2, 0.25) is 0 Å². The van der Waals surface area contributed by atoms with Gasteiger partial charge in [-0.15, -0.1) is 0 Å². The predicted octanol–water partition coefficient (Wildman–Crippen LogP) is 0.898. The van der Waals surface area contributed by atoms with Gasteiger partial charge in [-0.05, 0) is 24.1 Å². The Bertz CT molecular complexity index is 493. The van der Waals surface area contributed by atoms with E-state index in [1.165, 1.54) is 18.2 Å². The molecule has 0 amide bonds. The average molecular weight is 281 g/mol. The van der Waals surface area contributed by atoms with Gasteiger partial charge in [-0.3, -0.25) is 11.3 Å². The summed E-state index contributed by atoms with van der Waals surface area (Å²) in [5, 5.41) is 0.263. The fourth-order valence-electron chi connectivity index (χ4n) is 1.48. The molecule has 0 aromatic heterocycles. The van der Waals surface area contributed by atoms with Crippen LogP contribution in [0.4, 0.5) is 4.39 Å². The van der Waals surface area contributed by atoms with E-state index in [4.69, 9.17) is 17.4 Å². The van der Waals surface area contributed by atoms with Crippen LogP contribution in [0, 0.1) is 5.82 Å². The highest BCUT2D eigenvalue weighted by atomic mass is 35.5.